The minimum absolute atomic E-state index is 0.168. The zero-order valence-electron chi connectivity index (χ0n) is 17.8. The second-order valence-corrected chi connectivity index (χ2v) is 7.92. The maximum Gasteiger partial charge on any atom is 0.342 e. The van der Waals surface area contributed by atoms with E-state index in [-0.39, 0.29) is 11.4 Å². The van der Waals surface area contributed by atoms with Crippen molar-refractivity contribution in [2.45, 2.75) is 26.3 Å². The molecule has 162 valence electrons. The van der Waals surface area contributed by atoms with E-state index in [9.17, 15) is 14.0 Å². The molecule has 1 aromatic heterocycles. The van der Waals surface area contributed by atoms with Crippen molar-refractivity contribution in [3.05, 3.63) is 66.1 Å². The summed E-state index contributed by atoms with van der Waals surface area (Å²) < 4.78 is 25.2. The van der Waals surface area contributed by atoms with Crippen LogP contribution < -0.4 is 10.1 Å². The molecule has 0 atom stereocenters. The fourth-order valence-corrected chi connectivity index (χ4v) is 2.90. The van der Waals surface area contributed by atoms with Gasteiger partial charge in [0.25, 0.3) is 5.91 Å². The van der Waals surface area contributed by atoms with Crippen LogP contribution in [0.25, 0.3) is 16.9 Å². The lowest BCUT2D eigenvalue weighted by Crippen LogP contribution is -2.42. The molecule has 0 unspecified atom stereocenters. The SMILES string of the molecule is COc1cccc(-c2nn(-c3ccc(F)cc3)cc2C(=O)OCC(=O)NC(C)(C)C)c1. The van der Waals surface area contributed by atoms with Gasteiger partial charge in [-0.15, -0.1) is 0 Å². The standard InChI is InChI=1S/C23H24FN3O4/c1-23(2,3)25-20(28)14-31-22(29)19-13-27(17-10-8-16(24)9-11-17)26-21(19)15-6-5-7-18(12-15)30-4/h5-13H,14H2,1-4H3,(H,25,28). The molecule has 0 aliphatic heterocycles. The number of ether oxygens (including phenoxy) is 2. The van der Waals surface area contributed by atoms with E-state index in [4.69, 9.17) is 9.47 Å². The number of carbonyl (C=O) groups excluding carboxylic acids is 2. The van der Waals surface area contributed by atoms with E-state index in [1.54, 1.807) is 43.5 Å². The number of benzene rings is 2. The van der Waals surface area contributed by atoms with Gasteiger partial charge >= 0.3 is 5.97 Å². The number of esters is 1. The number of hydrogen-bond donors (Lipinski definition) is 1. The number of hydrogen-bond acceptors (Lipinski definition) is 5. The summed E-state index contributed by atoms with van der Waals surface area (Å²) in [6.07, 6.45) is 1.49. The van der Waals surface area contributed by atoms with Gasteiger partial charge in [0, 0.05) is 17.3 Å². The quantitative estimate of drug-likeness (QED) is 0.608. The van der Waals surface area contributed by atoms with E-state index >= 15 is 0 Å². The van der Waals surface area contributed by atoms with Gasteiger partial charge in [0.15, 0.2) is 6.61 Å². The number of nitrogens with one attached hydrogen (secondary N) is 1. The van der Waals surface area contributed by atoms with Gasteiger partial charge in [-0.1, -0.05) is 12.1 Å². The minimum Gasteiger partial charge on any atom is -0.497 e. The van der Waals surface area contributed by atoms with Crippen LogP contribution in [0.4, 0.5) is 4.39 Å². The van der Waals surface area contributed by atoms with E-state index in [0.29, 0.717) is 22.7 Å². The molecule has 1 heterocycles. The second-order valence-electron chi connectivity index (χ2n) is 7.92. The molecule has 7 nitrogen and oxygen atoms in total. The first-order chi connectivity index (χ1) is 14.7. The van der Waals surface area contributed by atoms with Crippen LogP contribution in [-0.4, -0.2) is 40.9 Å². The summed E-state index contributed by atoms with van der Waals surface area (Å²) in [6.45, 7) is 5.08. The van der Waals surface area contributed by atoms with Crippen molar-refractivity contribution in [1.29, 1.82) is 0 Å². The number of amides is 1. The van der Waals surface area contributed by atoms with Gasteiger partial charge in [-0.05, 0) is 57.2 Å². The topological polar surface area (TPSA) is 82.5 Å². The van der Waals surface area contributed by atoms with E-state index in [1.807, 2.05) is 20.8 Å². The number of rotatable bonds is 6. The Labute approximate surface area is 179 Å². The fourth-order valence-electron chi connectivity index (χ4n) is 2.90. The molecule has 3 aromatic rings. The zero-order valence-corrected chi connectivity index (χ0v) is 17.8. The molecule has 0 aliphatic carbocycles. The first-order valence-corrected chi connectivity index (χ1v) is 9.64. The first kappa shape index (κ1) is 22.0. The molecule has 1 N–H and O–H groups in total. The summed E-state index contributed by atoms with van der Waals surface area (Å²) in [7, 11) is 1.54. The lowest BCUT2D eigenvalue weighted by Gasteiger charge is -2.20. The van der Waals surface area contributed by atoms with Gasteiger partial charge < -0.3 is 14.8 Å². The first-order valence-electron chi connectivity index (χ1n) is 9.64. The van der Waals surface area contributed by atoms with Crippen LogP contribution in [0, 0.1) is 5.82 Å². The van der Waals surface area contributed by atoms with Crippen molar-refractivity contribution in [2.24, 2.45) is 0 Å². The molecule has 0 saturated carbocycles. The monoisotopic (exact) mass is 425 g/mol. The van der Waals surface area contributed by atoms with Crippen LogP contribution in [0.2, 0.25) is 0 Å². The van der Waals surface area contributed by atoms with Crippen LogP contribution >= 0.6 is 0 Å². The summed E-state index contributed by atoms with van der Waals surface area (Å²) in [5, 5.41) is 7.24. The Bertz CT molecular complexity index is 1080. The summed E-state index contributed by atoms with van der Waals surface area (Å²) in [4.78, 5) is 24.8. The molecule has 1 amide bonds. The highest BCUT2D eigenvalue weighted by Crippen LogP contribution is 2.27. The Morgan fingerprint density at radius 2 is 1.84 bits per heavy atom. The molecule has 3 rings (SSSR count). The van der Waals surface area contributed by atoms with Crippen molar-refractivity contribution in [2.75, 3.05) is 13.7 Å². The van der Waals surface area contributed by atoms with E-state index < -0.39 is 24.0 Å². The van der Waals surface area contributed by atoms with Crippen molar-refractivity contribution < 1.29 is 23.5 Å². The summed E-state index contributed by atoms with van der Waals surface area (Å²) in [6, 6.07) is 12.8. The largest absolute Gasteiger partial charge is 0.497 e. The predicted molar refractivity (Wildman–Crippen MR) is 114 cm³/mol. The normalized spacial score (nSPS) is 11.1. The molecule has 0 radical (unpaired) electrons. The Morgan fingerprint density at radius 3 is 2.48 bits per heavy atom. The van der Waals surface area contributed by atoms with Crippen molar-refractivity contribution in [3.63, 3.8) is 0 Å². The Kier molecular flexibility index (Phi) is 6.39. The Hall–Kier alpha value is -3.68. The Morgan fingerprint density at radius 1 is 1.13 bits per heavy atom. The van der Waals surface area contributed by atoms with Crippen LogP contribution in [0.1, 0.15) is 31.1 Å². The highest BCUT2D eigenvalue weighted by Gasteiger charge is 2.22. The molecule has 2 aromatic carbocycles. The molecule has 0 bridgehead atoms. The molecule has 0 spiro atoms. The van der Waals surface area contributed by atoms with Gasteiger partial charge in [-0.25, -0.2) is 13.9 Å². The van der Waals surface area contributed by atoms with Crippen molar-refractivity contribution in [1.82, 2.24) is 15.1 Å². The summed E-state index contributed by atoms with van der Waals surface area (Å²) >= 11 is 0. The number of nitrogens with zero attached hydrogens (tertiary/aromatic N) is 2. The molecule has 0 saturated heterocycles. The van der Waals surface area contributed by atoms with Gasteiger partial charge in [0.05, 0.1) is 12.8 Å². The van der Waals surface area contributed by atoms with Gasteiger partial charge in [-0.2, -0.15) is 5.10 Å². The van der Waals surface area contributed by atoms with Crippen molar-refractivity contribution in [3.8, 4) is 22.7 Å². The van der Waals surface area contributed by atoms with E-state index in [2.05, 4.69) is 10.4 Å². The van der Waals surface area contributed by atoms with Crippen LogP contribution in [0.15, 0.2) is 54.7 Å². The van der Waals surface area contributed by atoms with Crippen LogP contribution in [0.3, 0.4) is 0 Å². The summed E-state index contributed by atoms with van der Waals surface area (Å²) in [5.74, 6) is -0.893. The minimum atomic E-state index is -0.699. The average molecular weight is 425 g/mol. The molecule has 0 aliphatic rings. The lowest BCUT2D eigenvalue weighted by atomic mass is 10.1. The van der Waals surface area contributed by atoms with Gasteiger partial charge in [-0.3, -0.25) is 4.79 Å². The zero-order chi connectivity index (χ0) is 22.6. The third kappa shape index (κ3) is 5.69. The number of aromatic nitrogens is 2. The van der Waals surface area contributed by atoms with E-state index in [1.165, 1.54) is 23.0 Å². The second kappa shape index (κ2) is 8.99. The molecular weight excluding hydrogens is 401 g/mol. The molecule has 0 fully saturated rings. The number of carbonyl (C=O) groups is 2. The lowest BCUT2D eigenvalue weighted by molar-refractivity contribution is -0.125. The predicted octanol–water partition coefficient (Wildman–Crippen LogP) is 3.76. The maximum absolute atomic E-state index is 13.3. The number of halogens is 1. The van der Waals surface area contributed by atoms with Gasteiger partial charge in [0.1, 0.15) is 22.8 Å². The smallest absolute Gasteiger partial charge is 0.342 e. The number of methoxy groups -OCH3 is 1. The van der Waals surface area contributed by atoms with Crippen molar-refractivity contribution >= 4 is 11.9 Å². The molecule has 8 heteroatoms. The van der Waals surface area contributed by atoms with E-state index in [0.717, 1.165) is 0 Å². The van der Waals surface area contributed by atoms with Crippen LogP contribution in [-0.2, 0) is 9.53 Å². The average Bonchev–Trinajstić information content (AvgIpc) is 3.17. The molecule has 31 heavy (non-hydrogen) atoms. The Balaban J connectivity index is 1.94. The molecular formula is C23H24FN3O4. The maximum atomic E-state index is 13.3. The van der Waals surface area contributed by atoms with Gasteiger partial charge in [0.2, 0.25) is 0 Å². The summed E-state index contributed by atoms with van der Waals surface area (Å²) in [5.41, 5.74) is 1.27. The third-order valence-corrected chi connectivity index (χ3v) is 4.22. The fraction of sp³-hybridized carbons (Fsp3) is 0.261. The highest BCUT2D eigenvalue weighted by atomic mass is 19.1. The third-order valence-electron chi connectivity index (χ3n) is 4.22. The highest BCUT2D eigenvalue weighted by molar-refractivity contribution is 5.97. The van der Waals surface area contributed by atoms with Crippen LogP contribution in [0.5, 0.6) is 5.75 Å².